The average Bonchev–Trinajstić information content (AvgIpc) is 3.12. The van der Waals surface area contributed by atoms with E-state index in [1.54, 1.807) is 10.7 Å². The van der Waals surface area contributed by atoms with Crippen LogP contribution >= 0.6 is 11.6 Å². The van der Waals surface area contributed by atoms with Crippen molar-refractivity contribution in [3.05, 3.63) is 40.7 Å². The van der Waals surface area contributed by atoms with Gasteiger partial charge in [0.05, 0.1) is 6.20 Å². The Labute approximate surface area is 174 Å². The Morgan fingerprint density at radius 1 is 1.07 bits per heavy atom. The molecule has 0 saturated carbocycles. The Balaban J connectivity index is 1.28. The fourth-order valence-electron chi connectivity index (χ4n) is 3.96. The van der Waals surface area contributed by atoms with Crippen molar-refractivity contribution < 1.29 is 14.2 Å². The lowest BCUT2D eigenvalue weighted by atomic mass is 10.1. The van der Waals surface area contributed by atoms with Crippen molar-refractivity contribution in [2.24, 2.45) is 0 Å². The number of benzene rings is 1. The van der Waals surface area contributed by atoms with Crippen LogP contribution in [0.25, 0.3) is 5.65 Å². The molecule has 5 rings (SSSR count). The molecule has 1 aromatic carbocycles. The summed E-state index contributed by atoms with van der Waals surface area (Å²) in [6.07, 6.45) is 3.78. The molecule has 0 atom stereocenters. The Hall–Kier alpha value is -2.67. The van der Waals surface area contributed by atoms with Crippen LogP contribution in [0.2, 0.25) is 5.15 Å². The van der Waals surface area contributed by atoms with Crippen molar-refractivity contribution in [1.82, 2.24) is 14.6 Å². The maximum absolute atomic E-state index is 6.22. The number of fused-ring (bicyclic) bond motifs is 2. The lowest BCUT2D eigenvalue weighted by molar-refractivity contribution is 0.159. The number of aromatic nitrogens is 3. The number of anilines is 1. The van der Waals surface area contributed by atoms with Crippen molar-refractivity contribution >= 4 is 23.1 Å². The molecule has 0 unspecified atom stereocenters. The molecule has 2 aliphatic rings. The van der Waals surface area contributed by atoms with Crippen LogP contribution in [0.3, 0.4) is 0 Å². The van der Waals surface area contributed by atoms with Crippen LogP contribution < -0.4 is 19.1 Å². The van der Waals surface area contributed by atoms with E-state index in [2.05, 4.69) is 23.7 Å². The summed E-state index contributed by atoms with van der Waals surface area (Å²) in [6, 6.07) is 5.79. The highest BCUT2D eigenvalue weighted by Crippen LogP contribution is 2.35. The van der Waals surface area contributed by atoms with E-state index in [0.717, 1.165) is 65.8 Å². The quantitative estimate of drug-likeness (QED) is 0.649. The fourth-order valence-corrected chi connectivity index (χ4v) is 4.14. The third kappa shape index (κ3) is 3.44. The van der Waals surface area contributed by atoms with Gasteiger partial charge in [0.25, 0.3) is 0 Å². The van der Waals surface area contributed by atoms with E-state index in [-0.39, 0.29) is 6.10 Å². The second-order valence-electron chi connectivity index (χ2n) is 7.52. The summed E-state index contributed by atoms with van der Waals surface area (Å²) in [5.41, 5.74) is 3.07. The Morgan fingerprint density at radius 3 is 2.62 bits per heavy atom. The van der Waals surface area contributed by atoms with Gasteiger partial charge in [-0.25, -0.2) is 9.50 Å². The monoisotopic (exact) mass is 414 g/mol. The van der Waals surface area contributed by atoms with Gasteiger partial charge in [-0.05, 0) is 26.0 Å². The minimum Gasteiger partial charge on any atom is -0.490 e. The van der Waals surface area contributed by atoms with Gasteiger partial charge in [-0.3, -0.25) is 0 Å². The smallest absolute Gasteiger partial charge is 0.165 e. The molecule has 7 nitrogen and oxygen atoms in total. The van der Waals surface area contributed by atoms with Gasteiger partial charge in [-0.2, -0.15) is 0 Å². The zero-order chi connectivity index (χ0) is 20.0. The molecular formula is C21H23ClN4O3. The topological polar surface area (TPSA) is 61.1 Å². The van der Waals surface area contributed by atoms with Crippen molar-refractivity contribution in [2.75, 3.05) is 31.2 Å². The molecule has 0 N–H and O–H groups in total. The zero-order valence-corrected chi connectivity index (χ0v) is 17.3. The summed E-state index contributed by atoms with van der Waals surface area (Å²) in [5, 5.41) is 5.22. The number of rotatable bonds is 3. The first kappa shape index (κ1) is 18.4. The highest BCUT2D eigenvalue weighted by atomic mass is 35.5. The minimum atomic E-state index is 0.168. The SMILES string of the molecule is Cc1c(N2CCC(Oc3ccc4c(c3)OCCO4)CC2)nn2cc(Cl)nc2c1C. The van der Waals surface area contributed by atoms with E-state index >= 15 is 0 Å². The lowest BCUT2D eigenvalue weighted by Crippen LogP contribution is -2.39. The van der Waals surface area contributed by atoms with E-state index in [1.807, 2.05) is 18.2 Å². The summed E-state index contributed by atoms with van der Waals surface area (Å²) in [4.78, 5) is 6.68. The molecule has 1 saturated heterocycles. The van der Waals surface area contributed by atoms with Crippen molar-refractivity contribution in [2.45, 2.75) is 32.8 Å². The van der Waals surface area contributed by atoms with E-state index in [4.69, 9.17) is 30.9 Å². The van der Waals surface area contributed by atoms with Gasteiger partial charge in [0.1, 0.15) is 30.2 Å². The molecule has 0 amide bonds. The highest BCUT2D eigenvalue weighted by Gasteiger charge is 2.25. The number of nitrogens with zero attached hydrogens (tertiary/aromatic N) is 4. The molecule has 4 heterocycles. The third-order valence-electron chi connectivity index (χ3n) is 5.65. The standard InChI is InChI=1S/C21H23ClN4O3/c1-13-14(2)21(24-26-12-19(22)23-20(13)26)25-7-5-15(6-8-25)29-16-3-4-17-18(11-16)28-10-9-27-17/h3-4,11-12,15H,5-10H2,1-2H3. The molecule has 0 radical (unpaired) electrons. The maximum atomic E-state index is 6.22. The molecule has 2 aromatic heterocycles. The van der Waals surface area contributed by atoms with E-state index < -0.39 is 0 Å². The summed E-state index contributed by atoms with van der Waals surface area (Å²) in [7, 11) is 0. The molecule has 1 fully saturated rings. The second-order valence-corrected chi connectivity index (χ2v) is 7.90. The van der Waals surface area contributed by atoms with Crippen LogP contribution in [-0.4, -0.2) is 47.0 Å². The lowest BCUT2D eigenvalue weighted by Gasteiger charge is -2.34. The van der Waals surface area contributed by atoms with Gasteiger partial charge in [-0.15, -0.1) is 5.10 Å². The molecule has 2 aliphatic heterocycles. The zero-order valence-electron chi connectivity index (χ0n) is 16.5. The Bertz CT molecular complexity index is 1060. The van der Waals surface area contributed by atoms with Crippen LogP contribution in [0.5, 0.6) is 17.2 Å². The number of imidazole rings is 1. The number of piperidine rings is 1. The molecule has 0 bridgehead atoms. The van der Waals surface area contributed by atoms with Gasteiger partial charge < -0.3 is 19.1 Å². The number of hydrogen-bond acceptors (Lipinski definition) is 6. The molecule has 3 aromatic rings. The van der Waals surface area contributed by atoms with E-state index in [9.17, 15) is 0 Å². The summed E-state index contributed by atoms with van der Waals surface area (Å²) in [6.45, 7) is 7.10. The average molecular weight is 415 g/mol. The van der Waals surface area contributed by atoms with E-state index in [0.29, 0.717) is 18.4 Å². The first-order valence-electron chi connectivity index (χ1n) is 9.92. The van der Waals surface area contributed by atoms with Gasteiger partial charge >= 0.3 is 0 Å². The van der Waals surface area contributed by atoms with Crippen LogP contribution in [0.1, 0.15) is 24.0 Å². The number of ether oxygens (including phenoxy) is 3. The third-order valence-corrected chi connectivity index (χ3v) is 5.83. The molecule has 8 heteroatoms. The number of aryl methyl sites for hydroxylation is 1. The molecule has 0 aliphatic carbocycles. The van der Waals surface area contributed by atoms with Gasteiger partial charge in [0.15, 0.2) is 23.0 Å². The van der Waals surface area contributed by atoms with Crippen LogP contribution in [0.15, 0.2) is 24.4 Å². The Morgan fingerprint density at radius 2 is 1.83 bits per heavy atom. The van der Waals surface area contributed by atoms with E-state index in [1.165, 1.54) is 0 Å². The summed E-state index contributed by atoms with van der Waals surface area (Å²) in [5.74, 6) is 3.35. The normalized spacial score (nSPS) is 17.0. The number of hydrogen-bond donors (Lipinski definition) is 0. The minimum absolute atomic E-state index is 0.168. The van der Waals surface area contributed by atoms with Crippen LogP contribution in [0, 0.1) is 13.8 Å². The second kappa shape index (κ2) is 7.30. The molecule has 0 spiro atoms. The first-order valence-corrected chi connectivity index (χ1v) is 10.3. The molecule has 152 valence electrons. The van der Waals surface area contributed by atoms with Crippen molar-refractivity contribution in [3.63, 3.8) is 0 Å². The van der Waals surface area contributed by atoms with Crippen molar-refractivity contribution in [1.29, 1.82) is 0 Å². The van der Waals surface area contributed by atoms with Crippen LogP contribution in [0.4, 0.5) is 5.82 Å². The predicted octanol–water partition coefficient (Wildman–Crippen LogP) is 3.82. The van der Waals surface area contributed by atoms with Gasteiger partial charge in [0.2, 0.25) is 0 Å². The summed E-state index contributed by atoms with van der Waals surface area (Å²) < 4.78 is 19.2. The largest absolute Gasteiger partial charge is 0.490 e. The summed E-state index contributed by atoms with van der Waals surface area (Å²) >= 11 is 6.07. The fraction of sp³-hybridized carbons (Fsp3) is 0.429. The Kier molecular flexibility index (Phi) is 4.62. The number of halogens is 1. The first-order chi connectivity index (χ1) is 14.1. The maximum Gasteiger partial charge on any atom is 0.165 e. The van der Waals surface area contributed by atoms with Crippen LogP contribution in [-0.2, 0) is 0 Å². The molecular weight excluding hydrogens is 392 g/mol. The van der Waals surface area contributed by atoms with Gasteiger partial charge in [0, 0.05) is 43.1 Å². The van der Waals surface area contributed by atoms with Crippen molar-refractivity contribution in [3.8, 4) is 17.2 Å². The molecule has 29 heavy (non-hydrogen) atoms. The predicted molar refractivity (Wildman–Crippen MR) is 111 cm³/mol. The van der Waals surface area contributed by atoms with Gasteiger partial charge in [-0.1, -0.05) is 11.6 Å². The highest BCUT2D eigenvalue weighted by molar-refractivity contribution is 6.29.